The number of aromatic nitrogens is 1. The van der Waals surface area contributed by atoms with E-state index in [0.29, 0.717) is 12.0 Å². The van der Waals surface area contributed by atoms with Crippen LogP contribution >= 0.6 is 11.8 Å². The number of ether oxygens (including phenoxy) is 3. The normalized spacial score (nSPS) is 20.3. The average Bonchev–Trinajstić information content (AvgIpc) is 3.21. The first-order valence-corrected chi connectivity index (χ1v) is 15.6. The van der Waals surface area contributed by atoms with Crippen molar-refractivity contribution in [3.8, 4) is 11.5 Å². The standard InChI is InChI=1S/C33H27F2N3O7S/c1-18(39)44-25-8-4-2-6-20(25)33(42)45-31-24(40)12-13-37-30(31)32(41)36-14-15-43-16-27(36)38(37)29-19-10-11-23(34)28(35)22(19)17-46-26-9-5-3-7-21(26)29/h2-4,6-8,10-13,27,29H,5,9,14-17H2,1H3/t27?,29-/m0/s1. The Labute approximate surface area is 265 Å². The highest BCUT2D eigenvalue weighted by molar-refractivity contribution is 8.02. The summed E-state index contributed by atoms with van der Waals surface area (Å²) in [6.45, 7) is 1.67. The fourth-order valence-electron chi connectivity index (χ4n) is 6.33. The number of morpholine rings is 1. The Balaban J connectivity index is 1.42. The van der Waals surface area contributed by atoms with Crippen molar-refractivity contribution >= 4 is 29.6 Å². The number of allylic oxidation sites excluding steroid dienone is 2. The van der Waals surface area contributed by atoms with Crippen molar-refractivity contribution in [2.45, 2.75) is 37.7 Å². The lowest BCUT2D eigenvalue weighted by atomic mass is 9.90. The van der Waals surface area contributed by atoms with Gasteiger partial charge in [-0.25, -0.2) is 13.6 Å². The molecule has 2 aromatic carbocycles. The summed E-state index contributed by atoms with van der Waals surface area (Å²) in [6, 6.07) is 8.96. The third-order valence-electron chi connectivity index (χ3n) is 8.35. The Bertz CT molecular complexity index is 1920. The number of hydrogen-bond acceptors (Lipinski definition) is 9. The van der Waals surface area contributed by atoms with Crippen LogP contribution in [0.4, 0.5) is 8.78 Å². The number of amides is 1. The van der Waals surface area contributed by atoms with E-state index >= 15 is 4.39 Å². The number of thioether (sulfide) groups is 1. The van der Waals surface area contributed by atoms with E-state index in [-0.39, 0.29) is 48.1 Å². The summed E-state index contributed by atoms with van der Waals surface area (Å²) in [4.78, 5) is 55.2. The van der Waals surface area contributed by atoms with Crippen molar-refractivity contribution < 1.29 is 37.4 Å². The van der Waals surface area contributed by atoms with Gasteiger partial charge >= 0.3 is 11.9 Å². The maximum Gasteiger partial charge on any atom is 0.347 e. The molecule has 1 amide bonds. The molecular formula is C33H27F2N3O7S. The molecule has 0 radical (unpaired) electrons. The quantitative estimate of drug-likeness (QED) is 0.296. The van der Waals surface area contributed by atoms with Crippen LogP contribution in [0.1, 0.15) is 57.8 Å². The zero-order valence-electron chi connectivity index (χ0n) is 24.5. The van der Waals surface area contributed by atoms with E-state index in [2.05, 4.69) is 0 Å². The molecule has 4 heterocycles. The first kappa shape index (κ1) is 29.9. The number of halogens is 2. The topological polar surface area (TPSA) is 107 Å². The second kappa shape index (κ2) is 11.9. The van der Waals surface area contributed by atoms with Crippen LogP contribution in [-0.4, -0.2) is 53.3 Å². The molecule has 3 aromatic rings. The molecule has 3 aliphatic heterocycles. The summed E-state index contributed by atoms with van der Waals surface area (Å²) in [7, 11) is 0. The van der Waals surface area contributed by atoms with E-state index < -0.39 is 52.9 Å². The number of rotatable bonds is 4. The fourth-order valence-corrected chi connectivity index (χ4v) is 7.55. The van der Waals surface area contributed by atoms with Crippen LogP contribution in [0.25, 0.3) is 0 Å². The number of carbonyl (C=O) groups excluding carboxylic acids is 3. The molecule has 1 unspecified atom stereocenters. The van der Waals surface area contributed by atoms with Gasteiger partial charge in [0, 0.05) is 37.0 Å². The molecule has 13 heteroatoms. The van der Waals surface area contributed by atoms with Gasteiger partial charge in [0.05, 0.1) is 19.3 Å². The molecule has 1 aromatic heterocycles. The van der Waals surface area contributed by atoms with Crippen LogP contribution in [0.15, 0.2) is 76.1 Å². The summed E-state index contributed by atoms with van der Waals surface area (Å²) in [5.41, 5.74) is 0.479. The maximum absolute atomic E-state index is 15.4. The molecular weight excluding hydrogens is 620 g/mol. The lowest BCUT2D eigenvalue weighted by molar-refractivity contribution is -0.131. The Kier molecular flexibility index (Phi) is 7.73. The van der Waals surface area contributed by atoms with Crippen molar-refractivity contribution in [2.24, 2.45) is 0 Å². The number of hydrogen-bond donors (Lipinski definition) is 0. The second-order valence-corrected chi connectivity index (χ2v) is 12.1. The van der Waals surface area contributed by atoms with Gasteiger partial charge in [0.15, 0.2) is 17.3 Å². The van der Waals surface area contributed by atoms with Gasteiger partial charge < -0.3 is 19.1 Å². The molecule has 4 aliphatic rings. The van der Waals surface area contributed by atoms with Crippen molar-refractivity contribution in [3.63, 3.8) is 0 Å². The zero-order chi connectivity index (χ0) is 32.1. The fraction of sp³-hybridized carbons (Fsp3) is 0.273. The van der Waals surface area contributed by atoms with Crippen molar-refractivity contribution in [1.82, 2.24) is 9.58 Å². The van der Waals surface area contributed by atoms with Gasteiger partial charge in [-0.3, -0.25) is 24.1 Å². The van der Waals surface area contributed by atoms with Gasteiger partial charge in [0.1, 0.15) is 17.5 Å². The first-order valence-electron chi connectivity index (χ1n) is 14.7. The SMILES string of the molecule is CC(=O)Oc1ccccc1C(=O)Oc1c2n(ccc1=O)N([C@@H]1C3=C(CCC=C3)SCc3c1ccc(F)c3F)C1COCCN1C2=O. The Morgan fingerprint density at radius 1 is 1.07 bits per heavy atom. The molecule has 0 N–H and O–H groups in total. The number of carbonyl (C=O) groups is 3. The Morgan fingerprint density at radius 3 is 2.72 bits per heavy atom. The third-order valence-corrected chi connectivity index (χ3v) is 9.57. The lowest BCUT2D eigenvalue weighted by Gasteiger charge is -2.51. The number of benzene rings is 2. The highest BCUT2D eigenvalue weighted by Gasteiger charge is 2.47. The van der Waals surface area contributed by atoms with E-state index in [1.165, 1.54) is 58.7 Å². The van der Waals surface area contributed by atoms with Crippen molar-refractivity contribution in [2.75, 3.05) is 24.8 Å². The smallest absolute Gasteiger partial charge is 0.347 e. The lowest BCUT2D eigenvalue weighted by Crippen LogP contribution is -2.66. The minimum absolute atomic E-state index is 0.0727. The van der Waals surface area contributed by atoms with E-state index in [0.717, 1.165) is 23.0 Å². The highest BCUT2D eigenvalue weighted by atomic mass is 32.2. The van der Waals surface area contributed by atoms with Crippen LogP contribution < -0.4 is 19.9 Å². The predicted molar refractivity (Wildman–Crippen MR) is 163 cm³/mol. The molecule has 46 heavy (non-hydrogen) atoms. The molecule has 1 fully saturated rings. The van der Waals surface area contributed by atoms with E-state index in [1.807, 2.05) is 17.2 Å². The number of pyridine rings is 1. The Morgan fingerprint density at radius 2 is 1.89 bits per heavy atom. The monoisotopic (exact) mass is 647 g/mol. The zero-order valence-corrected chi connectivity index (χ0v) is 25.4. The summed E-state index contributed by atoms with van der Waals surface area (Å²) in [5, 5.41) is 1.81. The van der Waals surface area contributed by atoms with Gasteiger partial charge in [-0.15, -0.1) is 11.8 Å². The van der Waals surface area contributed by atoms with E-state index in [9.17, 15) is 23.6 Å². The second-order valence-electron chi connectivity index (χ2n) is 11.1. The molecule has 1 aliphatic carbocycles. The number of nitrogens with zero attached hydrogens (tertiary/aromatic N) is 3. The molecule has 0 spiro atoms. The minimum atomic E-state index is -1.01. The summed E-state index contributed by atoms with van der Waals surface area (Å²) in [5.74, 6) is -4.53. The largest absolute Gasteiger partial charge is 0.426 e. The van der Waals surface area contributed by atoms with Crippen molar-refractivity contribution in [3.05, 3.63) is 116 Å². The summed E-state index contributed by atoms with van der Waals surface area (Å²) < 4.78 is 48.1. The van der Waals surface area contributed by atoms with Crippen LogP contribution in [0.5, 0.6) is 11.5 Å². The van der Waals surface area contributed by atoms with E-state index in [4.69, 9.17) is 14.2 Å². The summed E-state index contributed by atoms with van der Waals surface area (Å²) in [6.07, 6.45) is 6.16. The van der Waals surface area contributed by atoms with Crippen LogP contribution in [0, 0.1) is 11.6 Å². The van der Waals surface area contributed by atoms with Gasteiger partial charge in [-0.05, 0) is 47.1 Å². The Hall–Kier alpha value is -4.75. The van der Waals surface area contributed by atoms with Gasteiger partial charge in [-0.1, -0.05) is 30.4 Å². The number of esters is 2. The highest BCUT2D eigenvalue weighted by Crippen LogP contribution is 2.47. The molecule has 236 valence electrons. The third kappa shape index (κ3) is 4.99. The molecule has 7 rings (SSSR count). The molecule has 2 atom stereocenters. The van der Waals surface area contributed by atoms with Gasteiger partial charge in [-0.2, -0.15) is 0 Å². The van der Waals surface area contributed by atoms with Crippen LogP contribution in [0.3, 0.4) is 0 Å². The minimum Gasteiger partial charge on any atom is -0.426 e. The molecule has 10 nitrogen and oxygen atoms in total. The van der Waals surface area contributed by atoms with Gasteiger partial charge in [0.2, 0.25) is 11.2 Å². The molecule has 0 saturated carbocycles. The number of para-hydroxylation sites is 1. The number of fused-ring (bicyclic) bond motifs is 3. The van der Waals surface area contributed by atoms with E-state index in [1.54, 1.807) is 12.1 Å². The van der Waals surface area contributed by atoms with Crippen molar-refractivity contribution in [1.29, 1.82) is 0 Å². The maximum atomic E-state index is 15.4. The molecule has 1 saturated heterocycles. The summed E-state index contributed by atoms with van der Waals surface area (Å²) >= 11 is 1.45. The van der Waals surface area contributed by atoms with Crippen LogP contribution in [0.2, 0.25) is 0 Å². The average molecular weight is 648 g/mol. The predicted octanol–water partition coefficient (Wildman–Crippen LogP) is 4.61. The van der Waals surface area contributed by atoms with Gasteiger partial charge in [0.25, 0.3) is 5.91 Å². The van der Waals surface area contributed by atoms with Crippen LogP contribution in [-0.2, 0) is 15.3 Å². The molecule has 0 bridgehead atoms. The first-order chi connectivity index (χ1) is 22.2.